The number of carboxylic acid groups (broad SMARTS) is 1. The molecular formula is C14H17NO2. The molecule has 2 N–H and O–H groups in total. The van der Waals surface area contributed by atoms with Gasteiger partial charge < -0.3 is 10.1 Å². The summed E-state index contributed by atoms with van der Waals surface area (Å²) in [4.78, 5) is 14.3. The number of carbonyl (C=O) groups is 1. The van der Waals surface area contributed by atoms with Crippen molar-refractivity contribution in [2.45, 2.75) is 33.1 Å². The molecular weight excluding hydrogens is 214 g/mol. The molecule has 0 unspecified atom stereocenters. The van der Waals surface area contributed by atoms with Gasteiger partial charge in [0, 0.05) is 10.9 Å². The van der Waals surface area contributed by atoms with E-state index in [1.54, 1.807) is 0 Å². The van der Waals surface area contributed by atoms with Gasteiger partial charge >= 0.3 is 5.97 Å². The summed E-state index contributed by atoms with van der Waals surface area (Å²) in [5, 5.41) is 10.3. The van der Waals surface area contributed by atoms with Crippen molar-refractivity contribution in [3.05, 3.63) is 35.0 Å². The number of carboxylic acids is 1. The van der Waals surface area contributed by atoms with E-state index in [0.717, 1.165) is 35.7 Å². The van der Waals surface area contributed by atoms with E-state index in [1.807, 2.05) is 18.2 Å². The second-order valence-electron chi connectivity index (χ2n) is 4.23. The third-order valence-electron chi connectivity index (χ3n) is 3.12. The van der Waals surface area contributed by atoms with Gasteiger partial charge in [-0.2, -0.15) is 0 Å². The predicted molar refractivity (Wildman–Crippen MR) is 68.6 cm³/mol. The molecule has 0 radical (unpaired) electrons. The lowest BCUT2D eigenvalue weighted by Gasteiger charge is -2.00. The van der Waals surface area contributed by atoms with Crippen molar-refractivity contribution >= 4 is 16.9 Å². The normalized spacial score (nSPS) is 10.9. The summed E-state index contributed by atoms with van der Waals surface area (Å²) in [5.74, 6) is -0.869. The molecule has 0 saturated heterocycles. The van der Waals surface area contributed by atoms with Crippen LogP contribution in [0.25, 0.3) is 10.9 Å². The van der Waals surface area contributed by atoms with Gasteiger partial charge in [0.1, 0.15) is 5.69 Å². The smallest absolute Gasteiger partial charge is 0.352 e. The maximum atomic E-state index is 11.2. The quantitative estimate of drug-likeness (QED) is 0.847. The Hall–Kier alpha value is -1.77. The summed E-state index contributed by atoms with van der Waals surface area (Å²) in [6.07, 6.45) is 2.65. The highest BCUT2D eigenvalue weighted by Crippen LogP contribution is 2.26. The van der Waals surface area contributed by atoms with E-state index < -0.39 is 5.97 Å². The van der Waals surface area contributed by atoms with Crippen molar-refractivity contribution in [2.24, 2.45) is 0 Å². The molecule has 0 saturated carbocycles. The number of H-pyrrole nitrogens is 1. The zero-order chi connectivity index (χ0) is 12.4. The monoisotopic (exact) mass is 231 g/mol. The van der Waals surface area contributed by atoms with E-state index in [-0.39, 0.29) is 0 Å². The summed E-state index contributed by atoms with van der Waals surface area (Å²) >= 11 is 0. The molecule has 2 rings (SSSR count). The number of aromatic amines is 1. The lowest BCUT2D eigenvalue weighted by atomic mass is 10.0. The van der Waals surface area contributed by atoms with Gasteiger partial charge in [-0.1, -0.05) is 38.5 Å². The molecule has 3 nitrogen and oxygen atoms in total. The first kappa shape index (κ1) is 11.7. The fraction of sp³-hybridized carbons (Fsp3) is 0.357. The lowest BCUT2D eigenvalue weighted by Crippen LogP contribution is -2.00. The van der Waals surface area contributed by atoms with Gasteiger partial charge in [0.15, 0.2) is 0 Å². The Morgan fingerprint density at radius 2 is 2.12 bits per heavy atom. The standard InChI is InChI=1S/C14H17NO2/c1-3-6-10-11-8-5-7-9(4-2)12(11)15-13(10)14(16)17/h5,7-8,15H,3-4,6H2,1-2H3,(H,16,17). The zero-order valence-electron chi connectivity index (χ0n) is 10.2. The number of benzene rings is 1. The van der Waals surface area contributed by atoms with Crippen molar-refractivity contribution < 1.29 is 9.90 Å². The first-order valence-corrected chi connectivity index (χ1v) is 6.04. The molecule has 17 heavy (non-hydrogen) atoms. The molecule has 1 heterocycles. The van der Waals surface area contributed by atoms with Gasteiger partial charge in [0.25, 0.3) is 0 Å². The maximum Gasteiger partial charge on any atom is 0.352 e. The molecule has 0 aliphatic rings. The van der Waals surface area contributed by atoms with Crippen molar-refractivity contribution in [1.29, 1.82) is 0 Å². The van der Waals surface area contributed by atoms with Crippen LogP contribution in [0.2, 0.25) is 0 Å². The van der Waals surface area contributed by atoms with Gasteiger partial charge in [-0.3, -0.25) is 0 Å². The highest BCUT2D eigenvalue weighted by molar-refractivity contribution is 5.98. The number of rotatable bonds is 4. The molecule has 0 aliphatic heterocycles. The van der Waals surface area contributed by atoms with Gasteiger partial charge in [0.05, 0.1) is 0 Å². The third kappa shape index (κ3) is 1.93. The van der Waals surface area contributed by atoms with Crippen molar-refractivity contribution in [3.8, 4) is 0 Å². The van der Waals surface area contributed by atoms with Crippen molar-refractivity contribution in [2.75, 3.05) is 0 Å². The highest BCUT2D eigenvalue weighted by Gasteiger charge is 2.17. The minimum atomic E-state index is -0.869. The first-order chi connectivity index (χ1) is 8.19. The van der Waals surface area contributed by atoms with Gasteiger partial charge in [-0.05, 0) is 24.0 Å². The Morgan fingerprint density at radius 1 is 1.35 bits per heavy atom. The molecule has 0 spiro atoms. The van der Waals surface area contributed by atoms with Gasteiger partial charge in [0.2, 0.25) is 0 Å². The fourth-order valence-corrected chi connectivity index (χ4v) is 2.32. The van der Waals surface area contributed by atoms with E-state index in [0.29, 0.717) is 5.69 Å². The third-order valence-corrected chi connectivity index (χ3v) is 3.12. The SMILES string of the molecule is CCCc1c(C(=O)O)[nH]c2c(CC)cccc12. The molecule has 0 bridgehead atoms. The minimum Gasteiger partial charge on any atom is -0.477 e. The van der Waals surface area contributed by atoms with Crippen LogP contribution in [0.3, 0.4) is 0 Å². The van der Waals surface area contributed by atoms with Crippen LogP contribution in [0.15, 0.2) is 18.2 Å². The van der Waals surface area contributed by atoms with E-state index in [2.05, 4.69) is 18.8 Å². The zero-order valence-corrected chi connectivity index (χ0v) is 10.2. The highest BCUT2D eigenvalue weighted by atomic mass is 16.4. The average molecular weight is 231 g/mol. The molecule has 1 aromatic carbocycles. The number of fused-ring (bicyclic) bond motifs is 1. The van der Waals surface area contributed by atoms with Crippen LogP contribution in [0.5, 0.6) is 0 Å². The molecule has 3 heteroatoms. The lowest BCUT2D eigenvalue weighted by molar-refractivity contribution is 0.0690. The Balaban J connectivity index is 2.74. The molecule has 0 fully saturated rings. The van der Waals surface area contributed by atoms with Crippen molar-refractivity contribution in [3.63, 3.8) is 0 Å². The predicted octanol–water partition coefficient (Wildman–Crippen LogP) is 3.38. The molecule has 1 aromatic heterocycles. The summed E-state index contributed by atoms with van der Waals surface area (Å²) in [6, 6.07) is 6.04. The first-order valence-electron chi connectivity index (χ1n) is 6.04. The van der Waals surface area contributed by atoms with Gasteiger partial charge in [-0.15, -0.1) is 0 Å². The Kier molecular flexibility index (Phi) is 3.18. The summed E-state index contributed by atoms with van der Waals surface area (Å²) in [6.45, 7) is 4.14. The maximum absolute atomic E-state index is 11.2. The average Bonchev–Trinajstić information content (AvgIpc) is 2.69. The van der Waals surface area contributed by atoms with Crippen LogP contribution < -0.4 is 0 Å². The molecule has 2 aromatic rings. The van der Waals surface area contributed by atoms with Crippen LogP contribution in [-0.2, 0) is 12.8 Å². The minimum absolute atomic E-state index is 0.350. The van der Waals surface area contributed by atoms with Gasteiger partial charge in [-0.25, -0.2) is 4.79 Å². The summed E-state index contributed by atoms with van der Waals surface area (Å²) in [5.41, 5.74) is 3.44. The van der Waals surface area contributed by atoms with E-state index in [9.17, 15) is 9.90 Å². The van der Waals surface area contributed by atoms with E-state index in [1.165, 1.54) is 5.56 Å². The molecule has 90 valence electrons. The second-order valence-corrected chi connectivity index (χ2v) is 4.23. The molecule has 0 atom stereocenters. The summed E-state index contributed by atoms with van der Waals surface area (Å²) < 4.78 is 0. The number of nitrogens with one attached hydrogen (secondary N) is 1. The van der Waals surface area contributed by atoms with Crippen LogP contribution in [0, 0.1) is 0 Å². The largest absolute Gasteiger partial charge is 0.477 e. The number of para-hydroxylation sites is 1. The molecule has 0 aliphatic carbocycles. The Labute approximate surface area is 100 Å². The number of hydrogen-bond acceptors (Lipinski definition) is 1. The van der Waals surface area contributed by atoms with Crippen LogP contribution in [-0.4, -0.2) is 16.1 Å². The van der Waals surface area contributed by atoms with Crippen LogP contribution in [0.4, 0.5) is 0 Å². The number of aryl methyl sites for hydroxylation is 2. The van der Waals surface area contributed by atoms with E-state index in [4.69, 9.17) is 0 Å². The number of aromatic nitrogens is 1. The Bertz CT molecular complexity index is 555. The summed E-state index contributed by atoms with van der Waals surface area (Å²) in [7, 11) is 0. The Morgan fingerprint density at radius 3 is 2.71 bits per heavy atom. The fourth-order valence-electron chi connectivity index (χ4n) is 2.32. The molecule has 0 amide bonds. The number of hydrogen-bond donors (Lipinski definition) is 2. The number of aromatic carboxylic acids is 1. The topological polar surface area (TPSA) is 53.1 Å². The van der Waals surface area contributed by atoms with E-state index >= 15 is 0 Å². The second kappa shape index (κ2) is 4.62. The van der Waals surface area contributed by atoms with Crippen LogP contribution >= 0.6 is 0 Å². The van der Waals surface area contributed by atoms with Crippen molar-refractivity contribution in [1.82, 2.24) is 4.98 Å². The van der Waals surface area contributed by atoms with Crippen LogP contribution in [0.1, 0.15) is 41.9 Å².